The predicted molar refractivity (Wildman–Crippen MR) is 131 cm³/mol. The van der Waals surface area contributed by atoms with E-state index in [0.29, 0.717) is 5.00 Å². The SMILES string of the molecule is CC1[C@@H](c2ccccc2)[C@]1(NS(=O)(=O)c1ccc(-n2cc(I)cn2)s1)C(=O)OC(C)(C)C. The van der Waals surface area contributed by atoms with Gasteiger partial charge in [0.2, 0.25) is 0 Å². The molecule has 1 fully saturated rings. The van der Waals surface area contributed by atoms with Crippen LogP contribution in [0.25, 0.3) is 5.00 Å². The van der Waals surface area contributed by atoms with Gasteiger partial charge in [0.15, 0.2) is 0 Å². The van der Waals surface area contributed by atoms with Crippen molar-refractivity contribution < 1.29 is 17.9 Å². The second kappa shape index (κ2) is 8.23. The van der Waals surface area contributed by atoms with E-state index < -0.39 is 27.1 Å². The van der Waals surface area contributed by atoms with Gasteiger partial charge in [0, 0.05) is 12.1 Å². The smallest absolute Gasteiger partial charge is 0.328 e. The first-order valence-corrected chi connectivity index (χ1v) is 13.4. The zero-order valence-electron chi connectivity index (χ0n) is 18.1. The standard InChI is InChI=1S/C22H24IN3O4S2/c1-14-19(15-8-6-5-7-9-15)22(14,20(27)30-21(2,3)4)25-32(28,29)18-11-10-17(31-18)26-13-16(23)12-24-26/h5-14,19,25H,1-4H3/t14?,19-,22-/m0/s1. The third kappa shape index (κ3) is 4.37. The van der Waals surface area contributed by atoms with Crippen molar-refractivity contribution in [2.24, 2.45) is 5.92 Å². The number of hydrogen-bond donors (Lipinski definition) is 1. The molecule has 4 rings (SSSR count). The van der Waals surface area contributed by atoms with Crippen LogP contribution in [0.15, 0.2) is 59.1 Å². The predicted octanol–water partition coefficient (Wildman–Crippen LogP) is 4.33. The number of sulfonamides is 1. The Kier molecular flexibility index (Phi) is 6.02. The van der Waals surface area contributed by atoms with Crippen molar-refractivity contribution in [2.75, 3.05) is 0 Å². The van der Waals surface area contributed by atoms with Crippen LogP contribution in [0.4, 0.5) is 0 Å². The molecule has 3 atom stereocenters. The van der Waals surface area contributed by atoms with Crippen LogP contribution in [0.5, 0.6) is 0 Å². The molecule has 0 saturated heterocycles. The molecule has 0 spiro atoms. The van der Waals surface area contributed by atoms with Crippen molar-refractivity contribution in [3.8, 4) is 5.00 Å². The fourth-order valence-corrected chi connectivity index (χ4v) is 6.99. The van der Waals surface area contributed by atoms with Gasteiger partial charge >= 0.3 is 5.97 Å². The van der Waals surface area contributed by atoms with Gasteiger partial charge in [-0.15, -0.1) is 11.3 Å². The van der Waals surface area contributed by atoms with Crippen LogP contribution in [0.2, 0.25) is 0 Å². The van der Waals surface area contributed by atoms with Gasteiger partial charge in [0.05, 0.1) is 9.77 Å². The van der Waals surface area contributed by atoms with Crippen molar-refractivity contribution in [3.05, 3.63) is 64.0 Å². The topological polar surface area (TPSA) is 90.3 Å². The number of thiophene rings is 1. The maximum atomic E-state index is 13.4. The van der Waals surface area contributed by atoms with E-state index in [1.54, 1.807) is 37.7 Å². The van der Waals surface area contributed by atoms with Gasteiger partial charge in [-0.1, -0.05) is 37.3 Å². The summed E-state index contributed by atoms with van der Waals surface area (Å²) in [4.78, 5) is 13.3. The number of carbonyl (C=O) groups is 1. The monoisotopic (exact) mass is 585 g/mol. The minimum absolute atomic E-state index is 0.117. The Bertz CT molecular complexity index is 1250. The number of carbonyl (C=O) groups excluding carboxylic acids is 1. The van der Waals surface area contributed by atoms with Crippen molar-refractivity contribution >= 4 is 49.9 Å². The fraction of sp³-hybridized carbons (Fsp3) is 0.364. The summed E-state index contributed by atoms with van der Waals surface area (Å²) in [5.41, 5.74) is -1.21. The van der Waals surface area contributed by atoms with Gasteiger partial charge in [0.1, 0.15) is 20.4 Å². The molecule has 0 bridgehead atoms. The summed E-state index contributed by atoms with van der Waals surface area (Å²) in [5, 5.41) is 4.90. The summed E-state index contributed by atoms with van der Waals surface area (Å²) in [6, 6.07) is 12.7. The van der Waals surface area contributed by atoms with Gasteiger partial charge in [-0.25, -0.2) is 17.9 Å². The number of ether oxygens (including phenoxy) is 1. The average molecular weight is 585 g/mol. The lowest BCUT2D eigenvalue weighted by Crippen LogP contribution is -2.48. The molecule has 1 aromatic carbocycles. The highest BCUT2D eigenvalue weighted by Crippen LogP contribution is 2.59. The van der Waals surface area contributed by atoms with Gasteiger partial charge in [-0.3, -0.25) is 0 Å². The number of nitrogens with zero attached hydrogens (tertiary/aromatic N) is 2. The Morgan fingerprint density at radius 2 is 1.91 bits per heavy atom. The van der Waals surface area contributed by atoms with Gasteiger partial charge in [-0.05, 0) is 67.0 Å². The van der Waals surface area contributed by atoms with Crippen LogP contribution in [0, 0.1) is 9.49 Å². The zero-order valence-corrected chi connectivity index (χ0v) is 21.9. The van der Waals surface area contributed by atoms with Crippen molar-refractivity contribution in [3.63, 3.8) is 0 Å². The second-order valence-corrected chi connectivity index (χ2v) is 13.1. The lowest BCUT2D eigenvalue weighted by atomic mass is 10.1. The Morgan fingerprint density at radius 1 is 1.22 bits per heavy atom. The highest BCUT2D eigenvalue weighted by molar-refractivity contribution is 14.1. The van der Waals surface area contributed by atoms with Crippen LogP contribution in [0.1, 0.15) is 39.2 Å². The first-order chi connectivity index (χ1) is 14.9. The molecule has 1 N–H and O–H groups in total. The van der Waals surface area contributed by atoms with Crippen LogP contribution >= 0.6 is 33.9 Å². The highest BCUT2D eigenvalue weighted by Gasteiger charge is 2.71. The van der Waals surface area contributed by atoms with Gasteiger partial charge < -0.3 is 4.74 Å². The number of rotatable bonds is 6. The van der Waals surface area contributed by atoms with Gasteiger partial charge in [-0.2, -0.15) is 9.82 Å². The van der Waals surface area contributed by atoms with Crippen LogP contribution in [-0.2, 0) is 19.6 Å². The van der Waals surface area contributed by atoms with Crippen molar-refractivity contribution in [2.45, 2.75) is 49.0 Å². The van der Waals surface area contributed by atoms with Crippen LogP contribution < -0.4 is 4.72 Å². The zero-order chi connectivity index (χ0) is 23.3. The normalized spacial score (nSPS) is 23.2. The number of halogens is 1. The number of esters is 1. The molecule has 2 aromatic heterocycles. The van der Waals surface area contributed by atoms with Crippen molar-refractivity contribution in [1.82, 2.24) is 14.5 Å². The Morgan fingerprint density at radius 3 is 2.50 bits per heavy atom. The Labute approximate surface area is 205 Å². The molecule has 1 aliphatic rings. The Hall–Kier alpha value is -1.76. The molecule has 0 aliphatic heterocycles. The maximum Gasteiger partial charge on any atom is 0.328 e. The minimum Gasteiger partial charge on any atom is -0.459 e. The molecule has 170 valence electrons. The largest absolute Gasteiger partial charge is 0.459 e. The van der Waals surface area contributed by atoms with Crippen LogP contribution in [0.3, 0.4) is 0 Å². The maximum absolute atomic E-state index is 13.4. The van der Waals surface area contributed by atoms with Crippen LogP contribution in [-0.4, -0.2) is 35.3 Å². The van der Waals surface area contributed by atoms with E-state index in [2.05, 4.69) is 32.4 Å². The van der Waals surface area contributed by atoms with E-state index >= 15 is 0 Å². The molecule has 32 heavy (non-hydrogen) atoms. The second-order valence-electron chi connectivity index (χ2n) is 8.85. The summed E-state index contributed by atoms with van der Waals surface area (Å²) in [6.07, 6.45) is 3.51. The first kappa shape index (κ1) is 23.4. The van der Waals surface area contributed by atoms with Crippen molar-refractivity contribution in [1.29, 1.82) is 0 Å². The summed E-state index contributed by atoms with van der Waals surface area (Å²) in [7, 11) is -3.99. The molecular formula is C22H24IN3O4S2. The third-order valence-corrected chi connectivity index (χ3v) is 9.01. The highest BCUT2D eigenvalue weighted by atomic mass is 127. The molecule has 0 amide bonds. The van der Waals surface area contributed by atoms with E-state index in [1.165, 1.54) is 6.07 Å². The van der Waals surface area contributed by atoms with E-state index in [4.69, 9.17) is 4.74 Å². The molecule has 10 heteroatoms. The summed E-state index contributed by atoms with van der Waals surface area (Å²) in [6.45, 7) is 7.19. The first-order valence-electron chi connectivity index (χ1n) is 10.1. The summed E-state index contributed by atoms with van der Waals surface area (Å²) >= 11 is 3.24. The van der Waals surface area contributed by atoms with E-state index in [1.807, 2.05) is 43.5 Å². The van der Waals surface area contributed by atoms with Gasteiger partial charge in [0.25, 0.3) is 10.0 Å². The number of benzene rings is 1. The molecule has 7 nitrogen and oxygen atoms in total. The molecule has 1 saturated carbocycles. The van der Waals surface area contributed by atoms with E-state index in [9.17, 15) is 13.2 Å². The molecule has 2 heterocycles. The van der Waals surface area contributed by atoms with E-state index in [-0.39, 0.29) is 16.0 Å². The molecule has 3 aromatic rings. The average Bonchev–Trinajstić information content (AvgIpc) is 3.11. The third-order valence-electron chi connectivity index (χ3n) is 5.41. The molecule has 1 unspecified atom stereocenters. The molecular weight excluding hydrogens is 561 g/mol. The quantitative estimate of drug-likeness (QED) is 0.344. The fourth-order valence-electron chi connectivity index (χ4n) is 3.92. The summed E-state index contributed by atoms with van der Waals surface area (Å²) < 4.78 is 37.9. The molecule has 1 aliphatic carbocycles. The number of nitrogens with one attached hydrogen (secondary N) is 1. The molecule has 0 radical (unpaired) electrons. The minimum atomic E-state index is -3.99. The number of hydrogen-bond acceptors (Lipinski definition) is 6. The Balaban J connectivity index is 1.69. The summed E-state index contributed by atoms with van der Waals surface area (Å²) in [5.74, 6) is -1.14. The van der Waals surface area contributed by atoms with E-state index in [0.717, 1.165) is 20.5 Å². The number of aromatic nitrogens is 2. The lowest BCUT2D eigenvalue weighted by molar-refractivity contribution is -0.158. The lowest BCUT2D eigenvalue weighted by Gasteiger charge is -2.25.